The lowest BCUT2D eigenvalue weighted by Crippen LogP contribution is -2.43. The molecule has 2 aromatic rings. The van der Waals surface area contributed by atoms with Crippen molar-refractivity contribution < 1.29 is 23.0 Å². The molecule has 0 fully saturated rings. The van der Waals surface area contributed by atoms with E-state index >= 15 is 0 Å². The molecule has 0 aliphatic carbocycles. The van der Waals surface area contributed by atoms with Gasteiger partial charge in [0.15, 0.2) is 11.6 Å². The first-order valence-electron chi connectivity index (χ1n) is 8.23. The fourth-order valence-corrected chi connectivity index (χ4v) is 2.24. The monoisotopic (exact) mass is 364 g/mol. The molecule has 2 rings (SSSR count). The SMILES string of the molecule is COc1ccc(CCNC(=O)NC(C)COc2ccc(F)cc2F)cc1. The van der Waals surface area contributed by atoms with Gasteiger partial charge in [0.25, 0.3) is 0 Å². The standard InChI is InChI=1S/C19H22F2N2O3/c1-13(12-26-18-8-5-15(20)11-17(18)21)23-19(24)22-10-9-14-3-6-16(25-2)7-4-14/h3-8,11,13H,9-10,12H2,1-2H3,(H2,22,23,24). The van der Waals surface area contributed by atoms with Crippen molar-refractivity contribution in [2.24, 2.45) is 0 Å². The molecule has 0 bridgehead atoms. The first-order chi connectivity index (χ1) is 12.5. The van der Waals surface area contributed by atoms with Crippen LogP contribution in [-0.2, 0) is 6.42 Å². The van der Waals surface area contributed by atoms with Crippen LogP contribution in [0.15, 0.2) is 42.5 Å². The van der Waals surface area contributed by atoms with Crippen LogP contribution in [0.5, 0.6) is 11.5 Å². The molecule has 0 aromatic heterocycles. The molecule has 1 unspecified atom stereocenters. The predicted octanol–water partition coefficient (Wildman–Crippen LogP) is 3.28. The summed E-state index contributed by atoms with van der Waals surface area (Å²) in [6, 6.07) is 9.99. The Morgan fingerprint density at radius 3 is 2.54 bits per heavy atom. The topological polar surface area (TPSA) is 59.6 Å². The van der Waals surface area contributed by atoms with E-state index in [2.05, 4.69) is 10.6 Å². The van der Waals surface area contributed by atoms with Gasteiger partial charge in [-0.25, -0.2) is 13.6 Å². The van der Waals surface area contributed by atoms with Crippen LogP contribution in [0.25, 0.3) is 0 Å². The Labute approximate surface area is 151 Å². The van der Waals surface area contributed by atoms with E-state index in [0.717, 1.165) is 23.4 Å². The van der Waals surface area contributed by atoms with Gasteiger partial charge in [-0.2, -0.15) is 0 Å². The van der Waals surface area contributed by atoms with Crippen molar-refractivity contribution in [3.63, 3.8) is 0 Å². The molecule has 1 atom stereocenters. The van der Waals surface area contributed by atoms with E-state index in [1.54, 1.807) is 14.0 Å². The van der Waals surface area contributed by atoms with Crippen molar-refractivity contribution in [3.05, 3.63) is 59.7 Å². The van der Waals surface area contributed by atoms with E-state index in [4.69, 9.17) is 9.47 Å². The number of rotatable bonds is 8. The van der Waals surface area contributed by atoms with E-state index in [1.807, 2.05) is 24.3 Å². The van der Waals surface area contributed by atoms with E-state index in [9.17, 15) is 13.6 Å². The Kier molecular flexibility index (Phi) is 7.20. The number of nitrogens with one attached hydrogen (secondary N) is 2. The van der Waals surface area contributed by atoms with Gasteiger partial charge >= 0.3 is 6.03 Å². The molecular weight excluding hydrogens is 342 g/mol. The van der Waals surface area contributed by atoms with Gasteiger partial charge in [-0.05, 0) is 43.2 Å². The summed E-state index contributed by atoms with van der Waals surface area (Å²) in [7, 11) is 1.61. The first kappa shape index (κ1) is 19.5. The number of hydrogen-bond acceptors (Lipinski definition) is 3. The molecule has 0 saturated heterocycles. The normalized spacial score (nSPS) is 11.5. The lowest BCUT2D eigenvalue weighted by atomic mass is 10.1. The second-order valence-corrected chi connectivity index (χ2v) is 5.79. The van der Waals surface area contributed by atoms with Gasteiger partial charge in [0.2, 0.25) is 0 Å². The van der Waals surface area contributed by atoms with Crippen molar-refractivity contribution >= 4 is 6.03 Å². The minimum absolute atomic E-state index is 0.0556. The second-order valence-electron chi connectivity index (χ2n) is 5.79. The molecule has 140 valence electrons. The molecule has 0 aliphatic heterocycles. The van der Waals surface area contributed by atoms with E-state index in [0.29, 0.717) is 13.0 Å². The number of urea groups is 1. The lowest BCUT2D eigenvalue weighted by Gasteiger charge is -2.16. The number of benzene rings is 2. The molecule has 7 heteroatoms. The van der Waals surface area contributed by atoms with Crippen LogP contribution >= 0.6 is 0 Å². The zero-order valence-electron chi connectivity index (χ0n) is 14.7. The summed E-state index contributed by atoms with van der Waals surface area (Å²) in [5.74, 6) is -0.718. The Morgan fingerprint density at radius 1 is 1.15 bits per heavy atom. The molecule has 2 aromatic carbocycles. The largest absolute Gasteiger partial charge is 0.497 e. The van der Waals surface area contributed by atoms with Gasteiger partial charge in [-0.15, -0.1) is 0 Å². The highest BCUT2D eigenvalue weighted by atomic mass is 19.1. The molecule has 2 amide bonds. The Bertz CT molecular complexity index is 723. The zero-order valence-corrected chi connectivity index (χ0v) is 14.7. The Balaban J connectivity index is 1.67. The maximum absolute atomic E-state index is 13.5. The van der Waals surface area contributed by atoms with Gasteiger partial charge in [-0.3, -0.25) is 0 Å². The minimum Gasteiger partial charge on any atom is -0.497 e. The molecule has 0 heterocycles. The summed E-state index contributed by atoms with van der Waals surface area (Å²) in [6.07, 6.45) is 0.684. The van der Waals surface area contributed by atoms with Crippen molar-refractivity contribution in [2.45, 2.75) is 19.4 Å². The third-order valence-electron chi connectivity index (χ3n) is 3.62. The minimum atomic E-state index is -0.777. The van der Waals surface area contributed by atoms with Gasteiger partial charge in [-0.1, -0.05) is 12.1 Å². The number of methoxy groups -OCH3 is 1. The molecule has 0 saturated carbocycles. The van der Waals surface area contributed by atoms with E-state index in [-0.39, 0.29) is 24.4 Å². The number of ether oxygens (including phenoxy) is 2. The Morgan fingerprint density at radius 2 is 1.88 bits per heavy atom. The summed E-state index contributed by atoms with van der Waals surface area (Å²) in [5.41, 5.74) is 1.08. The predicted molar refractivity (Wildman–Crippen MR) is 94.5 cm³/mol. The number of hydrogen-bond donors (Lipinski definition) is 2. The molecule has 2 N–H and O–H groups in total. The molecular formula is C19H22F2N2O3. The summed E-state index contributed by atoms with van der Waals surface area (Å²) in [5, 5.41) is 5.44. The smallest absolute Gasteiger partial charge is 0.315 e. The summed E-state index contributed by atoms with van der Waals surface area (Å²) in [6.45, 7) is 2.26. The quantitative estimate of drug-likeness (QED) is 0.756. The maximum atomic E-state index is 13.5. The maximum Gasteiger partial charge on any atom is 0.315 e. The van der Waals surface area contributed by atoms with Gasteiger partial charge in [0, 0.05) is 12.6 Å². The van der Waals surface area contributed by atoms with Gasteiger partial charge in [0.05, 0.1) is 13.2 Å². The number of amides is 2. The van der Waals surface area contributed by atoms with Gasteiger partial charge < -0.3 is 20.1 Å². The van der Waals surface area contributed by atoms with Crippen LogP contribution < -0.4 is 20.1 Å². The fraction of sp³-hybridized carbons (Fsp3) is 0.316. The second kappa shape index (κ2) is 9.60. The Hall–Kier alpha value is -2.83. The summed E-state index contributed by atoms with van der Waals surface area (Å²) < 4.78 is 36.6. The van der Waals surface area contributed by atoms with E-state index in [1.165, 1.54) is 6.07 Å². The van der Waals surface area contributed by atoms with Crippen molar-refractivity contribution in [3.8, 4) is 11.5 Å². The van der Waals surface area contributed by atoms with Crippen LogP contribution in [0.2, 0.25) is 0 Å². The van der Waals surface area contributed by atoms with Crippen LogP contribution in [0.3, 0.4) is 0 Å². The van der Waals surface area contributed by atoms with Gasteiger partial charge in [0.1, 0.15) is 18.2 Å². The van der Waals surface area contributed by atoms with Crippen LogP contribution in [0.1, 0.15) is 12.5 Å². The van der Waals surface area contributed by atoms with Crippen LogP contribution in [0.4, 0.5) is 13.6 Å². The average Bonchev–Trinajstić information content (AvgIpc) is 2.61. The summed E-state index contributed by atoms with van der Waals surface area (Å²) >= 11 is 0. The summed E-state index contributed by atoms with van der Waals surface area (Å²) in [4.78, 5) is 11.8. The number of halogens is 2. The average molecular weight is 364 g/mol. The van der Waals surface area contributed by atoms with E-state index < -0.39 is 11.6 Å². The molecule has 0 radical (unpaired) electrons. The number of carbonyl (C=O) groups excluding carboxylic acids is 1. The highest BCUT2D eigenvalue weighted by Gasteiger charge is 2.10. The molecule has 0 aliphatic rings. The fourth-order valence-electron chi connectivity index (χ4n) is 2.24. The first-order valence-corrected chi connectivity index (χ1v) is 8.23. The van der Waals surface area contributed by atoms with Crippen LogP contribution in [0, 0.1) is 11.6 Å². The third-order valence-corrected chi connectivity index (χ3v) is 3.62. The molecule has 5 nitrogen and oxygen atoms in total. The molecule has 26 heavy (non-hydrogen) atoms. The molecule has 0 spiro atoms. The number of carbonyl (C=O) groups is 1. The highest BCUT2D eigenvalue weighted by Crippen LogP contribution is 2.17. The lowest BCUT2D eigenvalue weighted by molar-refractivity contribution is 0.224. The van der Waals surface area contributed by atoms with Crippen LogP contribution in [-0.4, -0.2) is 32.3 Å². The third kappa shape index (κ3) is 6.23. The zero-order chi connectivity index (χ0) is 18.9. The van der Waals surface area contributed by atoms with Crippen molar-refractivity contribution in [1.29, 1.82) is 0 Å². The van der Waals surface area contributed by atoms with Crippen molar-refractivity contribution in [2.75, 3.05) is 20.3 Å². The van der Waals surface area contributed by atoms with Crippen molar-refractivity contribution in [1.82, 2.24) is 10.6 Å². The highest BCUT2D eigenvalue weighted by molar-refractivity contribution is 5.74.